The van der Waals surface area contributed by atoms with Crippen molar-refractivity contribution in [3.63, 3.8) is 0 Å². The summed E-state index contributed by atoms with van der Waals surface area (Å²) in [6.45, 7) is 1.10. The second kappa shape index (κ2) is 8.65. The average Bonchev–Trinajstić information content (AvgIpc) is 3.49. The van der Waals surface area contributed by atoms with E-state index in [-0.39, 0.29) is 54.3 Å². The van der Waals surface area contributed by atoms with E-state index in [1.807, 2.05) is 0 Å². The normalized spacial score (nSPS) is 15.1. The average molecular weight is 534 g/mol. The van der Waals surface area contributed by atoms with Crippen LogP contribution >= 0.6 is 0 Å². The smallest absolute Gasteiger partial charge is 0.378 e. The number of nitrogens with zero attached hydrogens (tertiary/aromatic N) is 8. The van der Waals surface area contributed by atoms with E-state index in [1.54, 1.807) is 4.90 Å². The van der Waals surface area contributed by atoms with Gasteiger partial charge in [0.05, 0.1) is 35.3 Å². The summed E-state index contributed by atoms with van der Waals surface area (Å²) in [5.74, 6) is -3.83. The summed E-state index contributed by atoms with van der Waals surface area (Å²) in [6, 6.07) is 11.6. The van der Waals surface area contributed by atoms with Crippen LogP contribution in [0.1, 0.15) is 11.6 Å². The van der Waals surface area contributed by atoms with Crippen LogP contribution in [0.4, 0.5) is 32.3 Å². The quantitative estimate of drug-likeness (QED) is 0.317. The van der Waals surface area contributed by atoms with E-state index in [1.165, 1.54) is 48.5 Å². The second-order valence-electron chi connectivity index (χ2n) is 8.35. The number of hydrogen-bond donors (Lipinski definition) is 0. The molecule has 6 rings (SSSR count). The van der Waals surface area contributed by atoms with E-state index < -0.39 is 35.9 Å². The number of morpholine rings is 1. The Bertz CT molecular complexity index is 1540. The van der Waals surface area contributed by atoms with Crippen molar-refractivity contribution in [1.82, 2.24) is 34.1 Å². The number of fused-ring (bicyclic) bond motifs is 2. The van der Waals surface area contributed by atoms with E-state index in [9.17, 15) is 26.3 Å². The molecule has 0 amide bonds. The van der Waals surface area contributed by atoms with Crippen molar-refractivity contribution in [3.05, 3.63) is 60.2 Å². The lowest BCUT2D eigenvalue weighted by molar-refractivity contribution is -0.146. The number of para-hydroxylation sites is 4. The molecule has 1 fully saturated rings. The van der Waals surface area contributed by atoms with Crippen LogP contribution in [0, 0.1) is 0 Å². The van der Waals surface area contributed by atoms with E-state index in [0.717, 1.165) is 0 Å². The van der Waals surface area contributed by atoms with Gasteiger partial charge in [0, 0.05) is 13.1 Å². The molecule has 38 heavy (non-hydrogen) atoms. The van der Waals surface area contributed by atoms with E-state index in [0.29, 0.717) is 9.13 Å². The molecule has 2 aromatic carbocycles. The standard InChI is InChI=1S/C23H16F6N8O/c24-22(25,26)17-30-13-5-1-3-7-15(13)36(17)20-32-19(35-9-11-38-12-10-35)33-21(34-20)37-16-8-4-2-6-14(16)31-18(37)23(27,28)29/h1-8H,9-12H2. The summed E-state index contributed by atoms with van der Waals surface area (Å²) in [4.78, 5) is 21.7. The molecule has 9 nitrogen and oxygen atoms in total. The van der Waals surface area contributed by atoms with Crippen LogP contribution in [-0.4, -0.2) is 60.4 Å². The monoisotopic (exact) mass is 534 g/mol. The fourth-order valence-corrected chi connectivity index (χ4v) is 4.29. The number of aromatic nitrogens is 7. The number of ether oxygens (including phenoxy) is 1. The maximum atomic E-state index is 14.1. The first-order chi connectivity index (χ1) is 18.1. The summed E-state index contributed by atoms with van der Waals surface area (Å²) in [7, 11) is 0. The lowest BCUT2D eigenvalue weighted by atomic mass is 10.3. The molecule has 0 atom stereocenters. The van der Waals surface area contributed by atoms with Gasteiger partial charge in [0.2, 0.25) is 29.5 Å². The minimum Gasteiger partial charge on any atom is -0.378 e. The number of anilines is 1. The SMILES string of the molecule is FC(F)(F)c1nc2ccccc2n1-c1nc(N2CCOCC2)nc(-n2c(C(F)(F)F)nc3ccccc32)n1. The predicted octanol–water partition coefficient (Wildman–Crippen LogP) is 4.42. The molecular weight excluding hydrogens is 518 g/mol. The lowest BCUT2D eigenvalue weighted by Crippen LogP contribution is -2.38. The Kier molecular flexibility index (Phi) is 5.48. The second-order valence-corrected chi connectivity index (χ2v) is 8.35. The molecule has 0 saturated carbocycles. The molecule has 5 aromatic rings. The molecule has 0 bridgehead atoms. The summed E-state index contributed by atoms with van der Waals surface area (Å²) in [6.07, 6.45) is -9.83. The van der Waals surface area contributed by atoms with Crippen LogP contribution in [0.25, 0.3) is 34.0 Å². The van der Waals surface area contributed by atoms with Crippen LogP contribution < -0.4 is 4.90 Å². The van der Waals surface area contributed by atoms with Gasteiger partial charge in [0.25, 0.3) is 0 Å². The van der Waals surface area contributed by atoms with Gasteiger partial charge in [-0.3, -0.25) is 9.13 Å². The Morgan fingerprint density at radius 1 is 0.579 bits per heavy atom. The topological polar surface area (TPSA) is 86.8 Å². The van der Waals surface area contributed by atoms with Gasteiger partial charge in [-0.05, 0) is 24.3 Å². The van der Waals surface area contributed by atoms with Gasteiger partial charge in [-0.1, -0.05) is 24.3 Å². The number of hydrogen-bond acceptors (Lipinski definition) is 7. The first-order valence-electron chi connectivity index (χ1n) is 11.3. The number of imidazole rings is 2. The minimum atomic E-state index is -4.91. The van der Waals surface area contributed by atoms with Crippen LogP contribution in [0.15, 0.2) is 48.5 Å². The molecule has 3 aromatic heterocycles. The number of halogens is 6. The van der Waals surface area contributed by atoms with Crippen molar-refractivity contribution >= 4 is 28.0 Å². The predicted molar refractivity (Wildman–Crippen MR) is 122 cm³/mol. The van der Waals surface area contributed by atoms with Crippen LogP contribution in [0.3, 0.4) is 0 Å². The highest BCUT2D eigenvalue weighted by atomic mass is 19.4. The molecule has 1 saturated heterocycles. The van der Waals surface area contributed by atoms with Gasteiger partial charge in [0.1, 0.15) is 0 Å². The zero-order chi connectivity index (χ0) is 26.7. The summed E-state index contributed by atoms with van der Waals surface area (Å²) >= 11 is 0. The van der Waals surface area contributed by atoms with Crippen molar-refractivity contribution in [2.75, 3.05) is 31.2 Å². The summed E-state index contributed by atoms with van der Waals surface area (Å²) in [5, 5.41) is 0. The number of rotatable bonds is 3. The summed E-state index contributed by atoms with van der Waals surface area (Å²) in [5.41, 5.74) is 0.0745. The van der Waals surface area contributed by atoms with Crippen molar-refractivity contribution in [2.24, 2.45) is 0 Å². The maximum absolute atomic E-state index is 14.1. The third-order valence-electron chi connectivity index (χ3n) is 5.92. The van der Waals surface area contributed by atoms with Crippen LogP contribution in [-0.2, 0) is 17.1 Å². The third-order valence-corrected chi connectivity index (χ3v) is 5.92. The van der Waals surface area contributed by atoms with Gasteiger partial charge < -0.3 is 9.64 Å². The molecule has 4 heterocycles. The molecular formula is C23H16F6N8O. The van der Waals surface area contributed by atoms with Crippen molar-refractivity contribution in [3.8, 4) is 11.9 Å². The Hall–Kier alpha value is -4.27. The van der Waals surface area contributed by atoms with E-state index in [4.69, 9.17) is 4.74 Å². The Balaban J connectivity index is 1.68. The Morgan fingerprint density at radius 3 is 1.45 bits per heavy atom. The first-order valence-corrected chi connectivity index (χ1v) is 11.3. The van der Waals surface area contributed by atoms with Gasteiger partial charge >= 0.3 is 12.4 Å². The highest BCUT2D eigenvalue weighted by Gasteiger charge is 2.41. The molecule has 1 aliphatic rings. The van der Waals surface area contributed by atoms with Crippen LogP contribution in [0.2, 0.25) is 0 Å². The molecule has 196 valence electrons. The zero-order valence-corrected chi connectivity index (χ0v) is 19.2. The zero-order valence-electron chi connectivity index (χ0n) is 19.2. The molecule has 0 spiro atoms. The molecule has 0 aliphatic carbocycles. The molecule has 1 aliphatic heterocycles. The van der Waals surface area contributed by atoms with Crippen LogP contribution in [0.5, 0.6) is 0 Å². The number of alkyl halides is 6. The number of benzene rings is 2. The third kappa shape index (κ3) is 4.08. The van der Waals surface area contributed by atoms with Crippen molar-refractivity contribution < 1.29 is 31.1 Å². The van der Waals surface area contributed by atoms with E-state index in [2.05, 4.69) is 24.9 Å². The minimum absolute atomic E-state index is 0.0128. The van der Waals surface area contributed by atoms with E-state index >= 15 is 0 Å². The Labute approximate surface area is 209 Å². The lowest BCUT2D eigenvalue weighted by Gasteiger charge is -2.27. The molecule has 0 radical (unpaired) electrons. The highest BCUT2D eigenvalue weighted by Crippen LogP contribution is 2.35. The largest absolute Gasteiger partial charge is 0.450 e. The first kappa shape index (κ1) is 24.1. The molecule has 0 unspecified atom stereocenters. The van der Waals surface area contributed by atoms with Crippen molar-refractivity contribution in [2.45, 2.75) is 12.4 Å². The fourth-order valence-electron chi connectivity index (χ4n) is 4.29. The Morgan fingerprint density at radius 2 is 1.00 bits per heavy atom. The van der Waals surface area contributed by atoms with Gasteiger partial charge in [-0.15, -0.1) is 0 Å². The molecule has 15 heteroatoms. The highest BCUT2D eigenvalue weighted by molar-refractivity contribution is 5.79. The van der Waals surface area contributed by atoms with Gasteiger partial charge in [-0.2, -0.15) is 41.3 Å². The van der Waals surface area contributed by atoms with Gasteiger partial charge in [-0.25, -0.2) is 9.97 Å². The molecule has 0 N–H and O–H groups in total. The fraction of sp³-hybridized carbons (Fsp3) is 0.261. The summed E-state index contributed by atoms with van der Waals surface area (Å²) < 4.78 is 91.2. The van der Waals surface area contributed by atoms with Crippen molar-refractivity contribution in [1.29, 1.82) is 0 Å². The maximum Gasteiger partial charge on any atom is 0.450 e. The van der Waals surface area contributed by atoms with Gasteiger partial charge in [0.15, 0.2) is 0 Å².